The van der Waals surface area contributed by atoms with E-state index in [9.17, 15) is 14.4 Å². The Morgan fingerprint density at radius 3 is 2.18 bits per heavy atom. The molecular formula is C22H31ClN6O3S. The van der Waals surface area contributed by atoms with Crippen LogP contribution in [0.5, 0.6) is 0 Å². The summed E-state index contributed by atoms with van der Waals surface area (Å²) in [5, 5.41) is 0.812. The number of carbonyl (C=O) groups excluding carboxylic acids is 3. The number of rotatable bonds is 5. The highest BCUT2D eigenvalue weighted by molar-refractivity contribution is 7.99. The van der Waals surface area contributed by atoms with Gasteiger partial charge >= 0.3 is 0 Å². The van der Waals surface area contributed by atoms with Crippen molar-refractivity contribution in [2.24, 2.45) is 5.92 Å². The molecule has 4 rings (SSSR count). The number of carbonyl (C=O) groups is 3. The Balaban J connectivity index is 1.29. The molecule has 3 aliphatic rings. The summed E-state index contributed by atoms with van der Waals surface area (Å²) in [6, 6.07) is 1.74. The van der Waals surface area contributed by atoms with Crippen molar-refractivity contribution in [2.45, 2.75) is 37.8 Å². The number of amides is 3. The van der Waals surface area contributed by atoms with Crippen molar-refractivity contribution >= 4 is 46.9 Å². The fraction of sp³-hybridized carbons (Fsp3) is 0.682. The van der Waals surface area contributed by atoms with E-state index in [1.165, 1.54) is 11.8 Å². The van der Waals surface area contributed by atoms with Crippen LogP contribution in [0, 0.1) is 5.92 Å². The van der Waals surface area contributed by atoms with E-state index >= 15 is 0 Å². The summed E-state index contributed by atoms with van der Waals surface area (Å²) < 4.78 is 0. The maximum absolute atomic E-state index is 12.7. The Bertz CT molecular complexity index is 881. The Hall–Kier alpha value is -2.07. The Morgan fingerprint density at radius 1 is 0.939 bits per heavy atom. The molecule has 9 nitrogen and oxygen atoms in total. The Morgan fingerprint density at radius 2 is 1.55 bits per heavy atom. The molecule has 0 aromatic carbocycles. The average molecular weight is 495 g/mol. The van der Waals surface area contributed by atoms with Crippen LogP contribution in [0.1, 0.15) is 32.6 Å². The van der Waals surface area contributed by atoms with Crippen LogP contribution < -0.4 is 4.90 Å². The van der Waals surface area contributed by atoms with Gasteiger partial charge in [0.2, 0.25) is 17.7 Å². The van der Waals surface area contributed by atoms with E-state index in [1.54, 1.807) is 22.8 Å². The molecule has 1 aliphatic carbocycles. The first kappa shape index (κ1) is 24.1. The minimum Gasteiger partial charge on any atom is -0.353 e. The summed E-state index contributed by atoms with van der Waals surface area (Å²) in [7, 11) is 0. The summed E-state index contributed by atoms with van der Waals surface area (Å²) in [6.07, 6.45) is 4.36. The molecule has 2 saturated heterocycles. The van der Waals surface area contributed by atoms with Crippen molar-refractivity contribution in [3.63, 3.8) is 0 Å². The van der Waals surface area contributed by atoms with E-state index in [1.807, 2.05) is 4.90 Å². The molecule has 0 unspecified atom stereocenters. The SMILES string of the molecule is CC(=O)N1CCN(C(=O)CSc2nc(Cl)cc(N3CCN(C(=O)C4CCCC4)CC3)n2)CC1. The van der Waals surface area contributed by atoms with Gasteiger partial charge in [-0.1, -0.05) is 36.2 Å². The van der Waals surface area contributed by atoms with Crippen LogP contribution in [0.25, 0.3) is 0 Å². The topological polar surface area (TPSA) is 90.0 Å². The van der Waals surface area contributed by atoms with Crippen LogP contribution in [0.4, 0.5) is 5.82 Å². The number of halogens is 1. The van der Waals surface area contributed by atoms with Gasteiger partial charge in [-0.2, -0.15) is 0 Å². The van der Waals surface area contributed by atoms with Gasteiger partial charge in [-0.05, 0) is 12.8 Å². The largest absolute Gasteiger partial charge is 0.353 e. The molecule has 180 valence electrons. The maximum Gasteiger partial charge on any atom is 0.233 e. The summed E-state index contributed by atoms with van der Waals surface area (Å²) in [5.41, 5.74) is 0. The molecule has 0 N–H and O–H groups in total. The van der Waals surface area contributed by atoms with Crippen LogP contribution in [-0.2, 0) is 14.4 Å². The summed E-state index contributed by atoms with van der Waals surface area (Å²) in [4.78, 5) is 53.3. The summed E-state index contributed by atoms with van der Waals surface area (Å²) in [6.45, 7) is 6.56. The lowest BCUT2D eigenvalue weighted by molar-refractivity contribution is -0.136. The first-order chi connectivity index (χ1) is 15.9. The standard InChI is InChI=1S/C22H31ClN6O3S/c1-16(30)26-6-10-28(11-7-26)20(31)15-33-22-24-18(23)14-19(25-22)27-8-12-29(13-9-27)21(32)17-4-2-3-5-17/h14,17H,2-13,15H2,1H3. The highest BCUT2D eigenvalue weighted by Crippen LogP contribution is 2.28. The van der Waals surface area contributed by atoms with Gasteiger partial charge in [0.25, 0.3) is 0 Å². The number of piperazine rings is 2. The summed E-state index contributed by atoms with van der Waals surface area (Å²) >= 11 is 7.53. The van der Waals surface area contributed by atoms with Crippen molar-refractivity contribution in [1.82, 2.24) is 24.7 Å². The lowest BCUT2D eigenvalue weighted by Crippen LogP contribution is -2.50. The predicted octanol–water partition coefficient (Wildman–Crippen LogP) is 1.75. The molecule has 0 radical (unpaired) electrons. The zero-order valence-corrected chi connectivity index (χ0v) is 20.6. The van der Waals surface area contributed by atoms with E-state index in [-0.39, 0.29) is 23.5 Å². The molecule has 0 atom stereocenters. The summed E-state index contributed by atoms with van der Waals surface area (Å²) in [5.74, 6) is 1.51. The third kappa shape index (κ3) is 6.09. The quantitative estimate of drug-likeness (QED) is 0.350. The minimum atomic E-state index is 0.00682. The molecule has 1 aromatic rings. The first-order valence-corrected chi connectivity index (χ1v) is 13.0. The lowest BCUT2D eigenvalue weighted by Gasteiger charge is -2.36. The lowest BCUT2D eigenvalue weighted by atomic mass is 10.1. The molecule has 3 heterocycles. The third-order valence-electron chi connectivity index (χ3n) is 6.68. The van der Waals surface area contributed by atoms with Gasteiger partial charge in [-0.3, -0.25) is 14.4 Å². The van der Waals surface area contributed by atoms with E-state index in [4.69, 9.17) is 11.6 Å². The van der Waals surface area contributed by atoms with Gasteiger partial charge in [-0.15, -0.1) is 0 Å². The first-order valence-electron chi connectivity index (χ1n) is 11.6. The van der Waals surface area contributed by atoms with Crippen molar-refractivity contribution in [3.05, 3.63) is 11.2 Å². The van der Waals surface area contributed by atoms with Crippen LogP contribution in [-0.4, -0.2) is 101 Å². The molecule has 0 spiro atoms. The van der Waals surface area contributed by atoms with Gasteiger partial charge in [0.15, 0.2) is 5.16 Å². The number of aromatic nitrogens is 2. The second-order valence-corrected chi connectivity index (χ2v) is 10.1. The number of thioether (sulfide) groups is 1. The van der Waals surface area contributed by atoms with Gasteiger partial charge in [0.1, 0.15) is 11.0 Å². The average Bonchev–Trinajstić information content (AvgIpc) is 3.37. The molecule has 3 fully saturated rings. The van der Waals surface area contributed by atoms with E-state index in [0.29, 0.717) is 68.6 Å². The highest BCUT2D eigenvalue weighted by atomic mass is 35.5. The van der Waals surface area contributed by atoms with E-state index in [2.05, 4.69) is 14.9 Å². The number of nitrogens with zero attached hydrogens (tertiary/aromatic N) is 6. The zero-order valence-electron chi connectivity index (χ0n) is 19.0. The van der Waals surface area contributed by atoms with Crippen molar-refractivity contribution < 1.29 is 14.4 Å². The van der Waals surface area contributed by atoms with Crippen LogP contribution in [0.2, 0.25) is 5.15 Å². The van der Waals surface area contributed by atoms with Crippen molar-refractivity contribution in [3.8, 4) is 0 Å². The molecule has 2 aliphatic heterocycles. The predicted molar refractivity (Wildman–Crippen MR) is 127 cm³/mol. The third-order valence-corrected chi connectivity index (χ3v) is 7.71. The van der Waals surface area contributed by atoms with E-state index in [0.717, 1.165) is 31.5 Å². The van der Waals surface area contributed by atoms with Crippen molar-refractivity contribution in [2.75, 3.05) is 63.0 Å². The van der Waals surface area contributed by atoms with Gasteiger partial charge in [0.05, 0.1) is 5.75 Å². The monoisotopic (exact) mass is 494 g/mol. The molecule has 33 heavy (non-hydrogen) atoms. The normalized spacial score (nSPS) is 19.8. The number of hydrogen-bond acceptors (Lipinski definition) is 7. The molecule has 0 bridgehead atoms. The van der Waals surface area contributed by atoms with E-state index < -0.39 is 0 Å². The molecular weight excluding hydrogens is 464 g/mol. The number of anilines is 1. The molecule has 1 aromatic heterocycles. The van der Waals surface area contributed by atoms with Crippen LogP contribution in [0.15, 0.2) is 11.2 Å². The van der Waals surface area contributed by atoms with Gasteiger partial charge in [0, 0.05) is 71.3 Å². The molecule has 3 amide bonds. The zero-order chi connectivity index (χ0) is 23.4. The van der Waals surface area contributed by atoms with Gasteiger partial charge < -0.3 is 19.6 Å². The van der Waals surface area contributed by atoms with Crippen LogP contribution >= 0.6 is 23.4 Å². The molecule has 11 heteroatoms. The second kappa shape index (κ2) is 10.9. The molecule has 1 saturated carbocycles. The van der Waals surface area contributed by atoms with Crippen molar-refractivity contribution in [1.29, 1.82) is 0 Å². The number of hydrogen-bond donors (Lipinski definition) is 0. The second-order valence-electron chi connectivity index (χ2n) is 8.80. The Kier molecular flexibility index (Phi) is 7.95. The smallest absolute Gasteiger partial charge is 0.233 e. The highest BCUT2D eigenvalue weighted by Gasteiger charge is 2.30. The minimum absolute atomic E-state index is 0.00682. The fourth-order valence-corrected chi connectivity index (χ4v) is 5.67. The van der Waals surface area contributed by atoms with Gasteiger partial charge in [-0.25, -0.2) is 9.97 Å². The maximum atomic E-state index is 12.7. The fourth-order valence-electron chi connectivity index (χ4n) is 4.69. The van der Waals surface area contributed by atoms with Crippen LogP contribution in [0.3, 0.4) is 0 Å². The Labute approximate surface area is 203 Å².